The Labute approximate surface area is 115 Å². The molecule has 0 aromatic heterocycles. The Morgan fingerprint density at radius 1 is 1.22 bits per heavy atom. The molecule has 0 aliphatic carbocycles. The minimum Gasteiger partial charge on any atom is -0.340 e. The molecular formula is C15H23NOS. The number of hydrogen-bond acceptors (Lipinski definition) is 2. The van der Waals surface area contributed by atoms with E-state index in [1.165, 1.54) is 5.56 Å². The Bertz CT molecular complexity index is 364. The average molecular weight is 265 g/mol. The van der Waals surface area contributed by atoms with Crippen molar-refractivity contribution >= 4 is 17.7 Å². The van der Waals surface area contributed by atoms with E-state index in [9.17, 15) is 4.79 Å². The molecule has 100 valence electrons. The van der Waals surface area contributed by atoms with Gasteiger partial charge in [-0.15, -0.1) is 11.8 Å². The summed E-state index contributed by atoms with van der Waals surface area (Å²) >= 11 is 1.74. The molecule has 0 bridgehead atoms. The van der Waals surface area contributed by atoms with Crippen LogP contribution in [0.25, 0.3) is 0 Å². The van der Waals surface area contributed by atoms with E-state index in [1.807, 2.05) is 37.1 Å². The lowest BCUT2D eigenvalue weighted by atomic mass is 10.2. The van der Waals surface area contributed by atoms with Gasteiger partial charge in [-0.25, -0.2) is 0 Å². The third-order valence-corrected chi connectivity index (χ3v) is 4.23. The Morgan fingerprint density at radius 3 is 2.39 bits per heavy atom. The molecule has 0 aliphatic rings. The van der Waals surface area contributed by atoms with Gasteiger partial charge in [0.25, 0.3) is 0 Å². The molecule has 0 saturated carbocycles. The van der Waals surface area contributed by atoms with E-state index in [0.29, 0.717) is 12.5 Å². The Morgan fingerprint density at radius 2 is 1.83 bits per heavy atom. The number of amides is 1. The van der Waals surface area contributed by atoms with Crippen LogP contribution in [0.5, 0.6) is 0 Å². The number of thioether (sulfide) groups is 1. The van der Waals surface area contributed by atoms with Crippen molar-refractivity contribution in [1.29, 1.82) is 0 Å². The van der Waals surface area contributed by atoms with Gasteiger partial charge >= 0.3 is 0 Å². The highest BCUT2D eigenvalue weighted by molar-refractivity contribution is 8.00. The van der Waals surface area contributed by atoms with E-state index >= 15 is 0 Å². The fraction of sp³-hybridized carbons (Fsp3) is 0.533. The minimum atomic E-state index is 0.0427. The number of benzene rings is 1. The first-order valence-corrected chi connectivity index (χ1v) is 7.46. The third-order valence-electron chi connectivity index (χ3n) is 2.67. The van der Waals surface area contributed by atoms with Gasteiger partial charge in [-0.2, -0.15) is 0 Å². The molecule has 0 aliphatic heterocycles. The van der Waals surface area contributed by atoms with E-state index < -0.39 is 0 Å². The Kier molecular flexibility index (Phi) is 6.27. The number of carbonyl (C=O) groups is 1. The Balaban J connectivity index is 2.46. The summed E-state index contributed by atoms with van der Waals surface area (Å²) in [5.41, 5.74) is 1.18. The van der Waals surface area contributed by atoms with Crippen molar-refractivity contribution in [2.24, 2.45) is 5.92 Å². The van der Waals surface area contributed by atoms with E-state index in [1.54, 1.807) is 11.8 Å². The molecule has 1 unspecified atom stereocenters. The average Bonchev–Trinajstić information content (AvgIpc) is 2.36. The second-order valence-corrected chi connectivity index (χ2v) is 6.42. The molecule has 3 heteroatoms. The van der Waals surface area contributed by atoms with Crippen LogP contribution in [0.2, 0.25) is 0 Å². The van der Waals surface area contributed by atoms with Crippen molar-refractivity contribution in [3.05, 3.63) is 35.9 Å². The maximum atomic E-state index is 12.2. The molecule has 1 atom stereocenters. The summed E-state index contributed by atoms with van der Waals surface area (Å²) in [6.45, 7) is 7.04. The summed E-state index contributed by atoms with van der Waals surface area (Å²) in [7, 11) is 1.88. The summed E-state index contributed by atoms with van der Waals surface area (Å²) in [6.07, 6.45) is 0. The predicted octanol–water partition coefficient (Wildman–Crippen LogP) is 3.42. The highest BCUT2D eigenvalue weighted by atomic mass is 32.2. The van der Waals surface area contributed by atoms with Gasteiger partial charge in [0.05, 0.1) is 5.25 Å². The molecule has 18 heavy (non-hydrogen) atoms. The number of carbonyl (C=O) groups excluding carboxylic acids is 1. The van der Waals surface area contributed by atoms with Crippen molar-refractivity contribution in [2.75, 3.05) is 12.8 Å². The molecule has 0 fully saturated rings. The van der Waals surface area contributed by atoms with Crippen LogP contribution in [0.4, 0.5) is 0 Å². The normalized spacial score (nSPS) is 12.5. The summed E-state index contributed by atoms with van der Waals surface area (Å²) in [6, 6.07) is 10.1. The monoisotopic (exact) mass is 265 g/mol. The fourth-order valence-electron chi connectivity index (χ4n) is 1.65. The molecule has 2 nitrogen and oxygen atoms in total. The third kappa shape index (κ3) is 5.13. The van der Waals surface area contributed by atoms with Crippen LogP contribution in [0.15, 0.2) is 30.3 Å². The van der Waals surface area contributed by atoms with E-state index in [2.05, 4.69) is 26.0 Å². The SMILES string of the molecule is CC(C)CSC(C)C(=O)N(C)Cc1ccccc1. The molecule has 0 radical (unpaired) electrons. The second kappa shape index (κ2) is 7.47. The number of rotatable bonds is 6. The van der Waals surface area contributed by atoms with Gasteiger partial charge < -0.3 is 4.90 Å². The van der Waals surface area contributed by atoms with Gasteiger partial charge in [0.15, 0.2) is 0 Å². The van der Waals surface area contributed by atoms with Gasteiger partial charge in [-0.05, 0) is 24.2 Å². The van der Waals surface area contributed by atoms with Crippen molar-refractivity contribution in [1.82, 2.24) is 4.90 Å². The summed E-state index contributed by atoms with van der Waals surface area (Å²) in [5.74, 6) is 1.88. The zero-order valence-corrected chi connectivity index (χ0v) is 12.5. The number of hydrogen-bond donors (Lipinski definition) is 0. The van der Waals surface area contributed by atoms with Gasteiger partial charge in [-0.1, -0.05) is 44.2 Å². The van der Waals surface area contributed by atoms with Crippen molar-refractivity contribution < 1.29 is 4.79 Å². The van der Waals surface area contributed by atoms with Crippen LogP contribution < -0.4 is 0 Å². The summed E-state index contributed by atoms with van der Waals surface area (Å²) in [5, 5.41) is 0.0427. The molecule has 1 aromatic rings. The van der Waals surface area contributed by atoms with Crippen LogP contribution in [0, 0.1) is 5.92 Å². The lowest BCUT2D eigenvalue weighted by Crippen LogP contribution is -2.33. The zero-order chi connectivity index (χ0) is 13.5. The highest BCUT2D eigenvalue weighted by Gasteiger charge is 2.18. The fourth-order valence-corrected chi connectivity index (χ4v) is 2.65. The predicted molar refractivity (Wildman–Crippen MR) is 79.7 cm³/mol. The first-order chi connectivity index (χ1) is 8.50. The van der Waals surface area contributed by atoms with Crippen molar-refractivity contribution in [3.8, 4) is 0 Å². The smallest absolute Gasteiger partial charge is 0.235 e. The van der Waals surface area contributed by atoms with Gasteiger partial charge in [0, 0.05) is 13.6 Å². The zero-order valence-electron chi connectivity index (χ0n) is 11.7. The molecular weight excluding hydrogens is 242 g/mol. The summed E-state index contributed by atoms with van der Waals surface area (Å²) < 4.78 is 0. The first kappa shape index (κ1) is 15.1. The van der Waals surface area contributed by atoms with Crippen LogP contribution in [0.3, 0.4) is 0 Å². The quantitative estimate of drug-likeness (QED) is 0.785. The molecule has 0 heterocycles. The largest absolute Gasteiger partial charge is 0.340 e. The molecule has 1 aromatic carbocycles. The lowest BCUT2D eigenvalue weighted by molar-refractivity contribution is -0.129. The maximum absolute atomic E-state index is 12.2. The van der Waals surface area contributed by atoms with Gasteiger partial charge in [0.2, 0.25) is 5.91 Å². The standard InChI is InChI=1S/C15H23NOS/c1-12(2)11-18-13(3)15(17)16(4)10-14-8-6-5-7-9-14/h5-9,12-13H,10-11H2,1-4H3. The lowest BCUT2D eigenvalue weighted by Gasteiger charge is -2.21. The highest BCUT2D eigenvalue weighted by Crippen LogP contribution is 2.17. The molecule has 0 saturated heterocycles. The van der Waals surface area contributed by atoms with Crippen molar-refractivity contribution in [2.45, 2.75) is 32.6 Å². The van der Waals surface area contributed by atoms with Crippen molar-refractivity contribution in [3.63, 3.8) is 0 Å². The van der Waals surface area contributed by atoms with Crippen LogP contribution in [0.1, 0.15) is 26.3 Å². The second-order valence-electron chi connectivity index (χ2n) is 5.05. The van der Waals surface area contributed by atoms with Crippen LogP contribution in [-0.4, -0.2) is 28.9 Å². The van der Waals surface area contributed by atoms with E-state index in [-0.39, 0.29) is 11.2 Å². The molecule has 1 amide bonds. The molecule has 0 N–H and O–H groups in total. The maximum Gasteiger partial charge on any atom is 0.235 e. The van der Waals surface area contributed by atoms with Gasteiger partial charge in [-0.3, -0.25) is 4.79 Å². The van der Waals surface area contributed by atoms with Crippen LogP contribution >= 0.6 is 11.8 Å². The van der Waals surface area contributed by atoms with E-state index in [0.717, 1.165) is 5.75 Å². The molecule has 1 rings (SSSR count). The van der Waals surface area contributed by atoms with Gasteiger partial charge in [0.1, 0.15) is 0 Å². The first-order valence-electron chi connectivity index (χ1n) is 6.41. The summed E-state index contributed by atoms with van der Waals surface area (Å²) in [4.78, 5) is 14.0. The minimum absolute atomic E-state index is 0.0427. The Hall–Kier alpha value is -0.960. The molecule has 0 spiro atoms. The topological polar surface area (TPSA) is 20.3 Å². The number of nitrogens with zero attached hydrogens (tertiary/aromatic N) is 1. The van der Waals surface area contributed by atoms with E-state index in [4.69, 9.17) is 0 Å². The van der Waals surface area contributed by atoms with Crippen LogP contribution in [-0.2, 0) is 11.3 Å².